The Labute approximate surface area is 110 Å². The van der Waals surface area contributed by atoms with E-state index in [0.717, 1.165) is 25.8 Å². The molecule has 0 aliphatic heterocycles. The van der Waals surface area contributed by atoms with Gasteiger partial charge in [-0.05, 0) is 49.8 Å². The molecule has 0 saturated carbocycles. The van der Waals surface area contributed by atoms with Gasteiger partial charge < -0.3 is 10.8 Å². The maximum absolute atomic E-state index is 10.0. The molecular weight excluding hydrogens is 222 g/mol. The van der Waals surface area contributed by atoms with Crippen LogP contribution in [0, 0.1) is 12.3 Å². The van der Waals surface area contributed by atoms with Gasteiger partial charge in [0.25, 0.3) is 0 Å². The normalized spacial score (nSPS) is 13.9. The average Bonchev–Trinajstić information content (AvgIpc) is 2.43. The molecule has 0 aromatic heterocycles. The van der Waals surface area contributed by atoms with Gasteiger partial charge >= 0.3 is 0 Å². The number of aliphatic hydroxyl groups is 1. The lowest BCUT2D eigenvalue weighted by Gasteiger charge is -2.20. The molecule has 3 N–H and O–H groups in total. The van der Waals surface area contributed by atoms with E-state index in [1.165, 1.54) is 11.1 Å². The van der Waals surface area contributed by atoms with Gasteiger partial charge in [0, 0.05) is 0 Å². The Morgan fingerprint density at radius 1 is 1.33 bits per heavy atom. The summed E-state index contributed by atoms with van der Waals surface area (Å²) in [4.78, 5) is 0. The van der Waals surface area contributed by atoms with Crippen LogP contribution in [-0.2, 0) is 12.8 Å². The molecule has 1 unspecified atom stereocenters. The van der Waals surface area contributed by atoms with Crippen LogP contribution in [-0.4, -0.2) is 17.3 Å². The second-order valence-electron chi connectivity index (χ2n) is 4.74. The third-order valence-corrected chi connectivity index (χ3v) is 3.34. The SMILES string of the molecule is C#CC(O)(CC)CCc1cccc(CCCN)c1. The lowest BCUT2D eigenvalue weighted by atomic mass is 9.92. The van der Waals surface area contributed by atoms with Crippen molar-refractivity contribution >= 4 is 0 Å². The Hall–Kier alpha value is -1.30. The van der Waals surface area contributed by atoms with Gasteiger partial charge in [-0.3, -0.25) is 0 Å². The Balaban J connectivity index is 2.60. The van der Waals surface area contributed by atoms with E-state index in [1.54, 1.807) is 0 Å². The first-order valence-corrected chi connectivity index (χ1v) is 6.61. The number of nitrogens with two attached hydrogens (primary N) is 1. The van der Waals surface area contributed by atoms with E-state index in [2.05, 4.69) is 30.2 Å². The number of hydrogen-bond donors (Lipinski definition) is 2. The third-order valence-electron chi connectivity index (χ3n) is 3.34. The molecule has 0 fully saturated rings. The van der Waals surface area contributed by atoms with Crippen molar-refractivity contribution in [1.29, 1.82) is 0 Å². The summed E-state index contributed by atoms with van der Waals surface area (Å²) in [5.41, 5.74) is 7.08. The fourth-order valence-electron chi connectivity index (χ4n) is 1.95. The Kier molecular flexibility index (Phi) is 5.91. The van der Waals surface area contributed by atoms with Crippen LogP contribution in [0.25, 0.3) is 0 Å². The summed E-state index contributed by atoms with van der Waals surface area (Å²) >= 11 is 0. The number of hydrogen-bond acceptors (Lipinski definition) is 2. The number of aryl methyl sites for hydroxylation is 2. The first kappa shape index (κ1) is 14.8. The molecular formula is C16H23NO. The molecule has 1 rings (SSSR count). The van der Waals surface area contributed by atoms with Gasteiger partial charge in [0.1, 0.15) is 5.60 Å². The number of terminal acetylenes is 1. The van der Waals surface area contributed by atoms with Crippen molar-refractivity contribution in [3.8, 4) is 12.3 Å². The summed E-state index contributed by atoms with van der Waals surface area (Å²) in [6.07, 6.45) is 9.40. The largest absolute Gasteiger partial charge is 0.378 e. The molecule has 1 atom stereocenters. The molecule has 0 radical (unpaired) electrons. The lowest BCUT2D eigenvalue weighted by molar-refractivity contribution is 0.0881. The van der Waals surface area contributed by atoms with Crippen LogP contribution < -0.4 is 5.73 Å². The average molecular weight is 245 g/mol. The standard InChI is InChI=1S/C16H23NO/c1-3-16(18,4-2)11-10-15-8-5-7-14(13-15)9-6-12-17/h1,5,7-8,13,18H,4,6,9-12,17H2,2H3. The van der Waals surface area contributed by atoms with Crippen LogP contribution in [0.3, 0.4) is 0 Å². The van der Waals surface area contributed by atoms with Gasteiger partial charge in [-0.15, -0.1) is 6.42 Å². The quantitative estimate of drug-likeness (QED) is 0.724. The molecule has 0 aliphatic carbocycles. The van der Waals surface area contributed by atoms with Crippen LogP contribution in [0.4, 0.5) is 0 Å². The predicted molar refractivity (Wildman–Crippen MR) is 76.2 cm³/mol. The maximum Gasteiger partial charge on any atom is 0.125 e. The monoisotopic (exact) mass is 245 g/mol. The van der Waals surface area contributed by atoms with Crippen LogP contribution in [0.1, 0.15) is 37.3 Å². The maximum atomic E-state index is 10.0. The van der Waals surface area contributed by atoms with Crippen molar-refractivity contribution in [2.24, 2.45) is 5.73 Å². The molecule has 0 amide bonds. The van der Waals surface area contributed by atoms with Crippen LogP contribution in [0.2, 0.25) is 0 Å². The number of benzene rings is 1. The van der Waals surface area contributed by atoms with Crippen molar-refractivity contribution in [1.82, 2.24) is 0 Å². The van der Waals surface area contributed by atoms with E-state index >= 15 is 0 Å². The first-order chi connectivity index (χ1) is 8.63. The summed E-state index contributed by atoms with van der Waals surface area (Å²) in [6, 6.07) is 8.44. The van der Waals surface area contributed by atoms with E-state index in [9.17, 15) is 5.11 Å². The highest BCUT2D eigenvalue weighted by molar-refractivity contribution is 5.24. The Bertz CT molecular complexity index is 408. The van der Waals surface area contributed by atoms with E-state index in [4.69, 9.17) is 12.2 Å². The van der Waals surface area contributed by atoms with Gasteiger partial charge in [0.2, 0.25) is 0 Å². The van der Waals surface area contributed by atoms with E-state index in [-0.39, 0.29) is 0 Å². The molecule has 18 heavy (non-hydrogen) atoms. The topological polar surface area (TPSA) is 46.2 Å². The molecule has 2 heteroatoms. The Morgan fingerprint density at radius 3 is 2.56 bits per heavy atom. The van der Waals surface area contributed by atoms with Crippen molar-refractivity contribution in [3.63, 3.8) is 0 Å². The van der Waals surface area contributed by atoms with Crippen LogP contribution >= 0.6 is 0 Å². The van der Waals surface area contributed by atoms with Crippen molar-refractivity contribution < 1.29 is 5.11 Å². The molecule has 0 heterocycles. The fourth-order valence-corrected chi connectivity index (χ4v) is 1.95. The third kappa shape index (κ3) is 4.52. The second-order valence-corrected chi connectivity index (χ2v) is 4.74. The Morgan fingerprint density at radius 2 is 2.00 bits per heavy atom. The zero-order valence-electron chi connectivity index (χ0n) is 11.2. The summed E-state index contributed by atoms with van der Waals surface area (Å²) in [5.74, 6) is 2.49. The summed E-state index contributed by atoms with van der Waals surface area (Å²) in [7, 11) is 0. The lowest BCUT2D eigenvalue weighted by Crippen LogP contribution is -2.25. The van der Waals surface area contributed by atoms with Gasteiger partial charge in [0.05, 0.1) is 0 Å². The zero-order chi connectivity index (χ0) is 13.4. The van der Waals surface area contributed by atoms with Crippen LogP contribution in [0.5, 0.6) is 0 Å². The molecule has 0 spiro atoms. The van der Waals surface area contributed by atoms with Gasteiger partial charge in [0.15, 0.2) is 0 Å². The van der Waals surface area contributed by atoms with E-state index in [1.807, 2.05) is 6.92 Å². The number of rotatable bonds is 7. The summed E-state index contributed by atoms with van der Waals surface area (Å²) in [6.45, 7) is 2.63. The molecule has 0 bridgehead atoms. The van der Waals surface area contributed by atoms with Crippen molar-refractivity contribution in [2.75, 3.05) is 6.54 Å². The van der Waals surface area contributed by atoms with E-state index in [0.29, 0.717) is 12.8 Å². The van der Waals surface area contributed by atoms with Crippen molar-refractivity contribution in [2.45, 2.75) is 44.6 Å². The molecule has 98 valence electrons. The molecule has 1 aromatic carbocycles. The minimum absolute atomic E-state index is 0.594. The van der Waals surface area contributed by atoms with Gasteiger partial charge in [-0.1, -0.05) is 37.1 Å². The fraction of sp³-hybridized carbons (Fsp3) is 0.500. The summed E-state index contributed by atoms with van der Waals surface area (Å²) in [5, 5.41) is 10.0. The van der Waals surface area contributed by atoms with Gasteiger partial charge in [-0.25, -0.2) is 0 Å². The highest BCUT2D eigenvalue weighted by atomic mass is 16.3. The van der Waals surface area contributed by atoms with Crippen LogP contribution in [0.15, 0.2) is 24.3 Å². The zero-order valence-corrected chi connectivity index (χ0v) is 11.2. The van der Waals surface area contributed by atoms with Crippen molar-refractivity contribution in [3.05, 3.63) is 35.4 Å². The molecule has 2 nitrogen and oxygen atoms in total. The molecule has 0 saturated heterocycles. The second kappa shape index (κ2) is 7.20. The smallest absolute Gasteiger partial charge is 0.125 e. The molecule has 1 aromatic rings. The van der Waals surface area contributed by atoms with E-state index < -0.39 is 5.60 Å². The highest BCUT2D eigenvalue weighted by Gasteiger charge is 2.20. The minimum atomic E-state index is -0.965. The highest BCUT2D eigenvalue weighted by Crippen LogP contribution is 2.18. The van der Waals surface area contributed by atoms with Gasteiger partial charge in [-0.2, -0.15) is 0 Å². The predicted octanol–water partition coefficient (Wildman–Crippen LogP) is 2.28. The first-order valence-electron chi connectivity index (χ1n) is 6.61. The minimum Gasteiger partial charge on any atom is -0.378 e. The summed E-state index contributed by atoms with van der Waals surface area (Å²) < 4.78 is 0. The molecule has 0 aliphatic rings.